The first-order valence-corrected chi connectivity index (χ1v) is 8.32. The van der Waals surface area contributed by atoms with E-state index in [1.54, 1.807) is 45.3 Å². The van der Waals surface area contributed by atoms with Crippen molar-refractivity contribution in [3.63, 3.8) is 0 Å². The molecular weight excluding hydrogens is 332 g/mol. The van der Waals surface area contributed by atoms with Crippen LogP contribution < -0.4 is 14.8 Å². The van der Waals surface area contributed by atoms with Crippen molar-refractivity contribution >= 4 is 17.5 Å². The molecule has 0 aliphatic carbocycles. The fourth-order valence-corrected chi connectivity index (χ4v) is 2.06. The maximum atomic E-state index is 12.3. The van der Waals surface area contributed by atoms with Gasteiger partial charge in [-0.3, -0.25) is 9.59 Å². The van der Waals surface area contributed by atoms with Crippen LogP contribution in [0.4, 0.5) is 5.69 Å². The van der Waals surface area contributed by atoms with Gasteiger partial charge >= 0.3 is 0 Å². The summed E-state index contributed by atoms with van der Waals surface area (Å²) in [4.78, 5) is 25.3. The molecule has 6 nitrogen and oxygen atoms in total. The van der Waals surface area contributed by atoms with Crippen molar-refractivity contribution in [1.82, 2.24) is 4.90 Å². The highest BCUT2D eigenvalue weighted by Crippen LogP contribution is 2.19. The zero-order chi connectivity index (χ0) is 19.1. The van der Waals surface area contributed by atoms with Crippen LogP contribution in [0.25, 0.3) is 0 Å². The van der Waals surface area contributed by atoms with Crippen LogP contribution in [0.5, 0.6) is 11.5 Å². The van der Waals surface area contributed by atoms with Crippen molar-refractivity contribution in [2.24, 2.45) is 0 Å². The molecule has 26 heavy (non-hydrogen) atoms. The van der Waals surface area contributed by atoms with E-state index in [1.807, 2.05) is 31.2 Å². The summed E-state index contributed by atoms with van der Waals surface area (Å²) in [6, 6.07) is 14.4. The van der Waals surface area contributed by atoms with Gasteiger partial charge in [-0.15, -0.1) is 0 Å². The summed E-state index contributed by atoms with van der Waals surface area (Å²) >= 11 is 0. The van der Waals surface area contributed by atoms with E-state index in [0.717, 1.165) is 5.56 Å². The Hall–Kier alpha value is -3.02. The average Bonchev–Trinajstić information content (AvgIpc) is 2.61. The molecule has 0 radical (unpaired) electrons. The quantitative estimate of drug-likeness (QED) is 0.828. The molecule has 0 aliphatic heterocycles. The highest BCUT2D eigenvalue weighted by molar-refractivity contribution is 5.94. The lowest BCUT2D eigenvalue weighted by atomic mass is 10.2. The van der Waals surface area contributed by atoms with E-state index in [-0.39, 0.29) is 18.4 Å². The Morgan fingerprint density at radius 3 is 2.42 bits per heavy atom. The minimum atomic E-state index is -0.655. The molecule has 0 aromatic heterocycles. The van der Waals surface area contributed by atoms with Gasteiger partial charge in [0.1, 0.15) is 11.5 Å². The molecule has 2 rings (SSSR count). The molecule has 2 aromatic carbocycles. The lowest BCUT2D eigenvalue weighted by Gasteiger charge is -2.15. The SMILES string of the molecule is Cc1ccc(OC(C)C(=O)Nc2cccc(OCC(=O)N(C)C)c2)cc1. The molecule has 138 valence electrons. The molecule has 6 heteroatoms. The number of benzene rings is 2. The van der Waals surface area contributed by atoms with E-state index >= 15 is 0 Å². The number of amides is 2. The number of carbonyl (C=O) groups is 2. The van der Waals surface area contributed by atoms with Crippen LogP contribution in [-0.2, 0) is 9.59 Å². The molecule has 0 bridgehead atoms. The third-order valence-electron chi connectivity index (χ3n) is 3.67. The first kappa shape index (κ1) is 19.3. The highest BCUT2D eigenvalue weighted by atomic mass is 16.5. The summed E-state index contributed by atoms with van der Waals surface area (Å²) in [6.07, 6.45) is -0.655. The van der Waals surface area contributed by atoms with Gasteiger partial charge in [0.2, 0.25) is 0 Å². The maximum Gasteiger partial charge on any atom is 0.265 e. The smallest absolute Gasteiger partial charge is 0.265 e. The molecule has 0 fully saturated rings. The highest BCUT2D eigenvalue weighted by Gasteiger charge is 2.15. The lowest BCUT2D eigenvalue weighted by molar-refractivity contribution is -0.130. The maximum absolute atomic E-state index is 12.3. The van der Waals surface area contributed by atoms with Gasteiger partial charge in [0.25, 0.3) is 11.8 Å². The van der Waals surface area contributed by atoms with Gasteiger partial charge in [0.15, 0.2) is 12.7 Å². The predicted octanol–water partition coefficient (Wildman–Crippen LogP) is 2.87. The molecule has 1 atom stereocenters. The molecule has 0 aliphatic rings. The molecule has 0 heterocycles. The Morgan fingerprint density at radius 1 is 1.08 bits per heavy atom. The number of aryl methyl sites for hydroxylation is 1. The van der Waals surface area contributed by atoms with Crippen molar-refractivity contribution in [1.29, 1.82) is 0 Å². The van der Waals surface area contributed by atoms with Gasteiger partial charge in [-0.1, -0.05) is 23.8 Å². The van der Waals surface area contributed by atoms with Crippen molar-refractivity contribution in [2.45, 2.75) is 20.0 Å². The molecule has 1 N–H and O–H groups in total. The Labute approximate surface area is 153 Å². The van der Waals surface area contributed by atoms with E-state index in [4.69, 9.17) is 9.47 Å². The van der Waals surface area contributed by atoms with Crippen LogP contribution in [0.15, 0.2) is 48.5 Å². The molecule has 0 saturated carbocycles. The van der Waals surface area contributed by atoms with Crippen LogP contribution in [0, 0.1) is 6.92 Å². The van der Waals surface area contributed by atoms with Gasteiger partial charge in [-0.2, -0.15) is 0 Å². The second kappa shape index (κ2) is 8.89. The largest absolute Gasteiger partial charge is 0.484 e. The van der Waals surface area contributed by atoms with Crippen molar-refractivity contribution in [3.8, 4) is 11.5 Å². The number of hydrogen-bond donors (Lipinski definition) is 1. The zero-order valence-electron chi connectivity index (χ0n) is 15.5. The van der Waals surface area contributed by atoms with Gasteiger partial charge in [-0.05, 0) is 38.1 Å². The Bertz CT molecular complexity index is 757. The molecule has 1 unspecified atom stereocenters. The third-order valence-corrected chi connectivity index (χ3v) is 3.67. The molecule has 0 saturated heterocycles. The van der Waals surface area contributed by atoms with Crippen LogP contribution in [-0.4, -0.2) is 43.5 Å². The fraction of sp³-hybridized carbons (Fsp3) is 0.300. The number of nitrogens with zero attached hydrogens (tertiary/aromatic N) is 1. The van der Waals surface area contributed by atoms with E-state index in [2.05, 4.69) is 5.32 Å². The first-order valence-electron chi connectivity index (χ1n) is 8.32. The van der Waals surface area contributed by atoms with Crippen molar-refractivity contribution in [3.05, 3.63) is 54.1 Å². The second-order valence-corrected chi connectivity index (χ2v) is 6.17. The monoisotopic (exact) mass is 356 g/mol. The number of ether oxygens (including phenoxy) is 2. The first-order chi connectivity index (χ1) is 12.3. The summed E-state index contributed by atoms with van der Waals surface area (Å²) in [6.45, 7) is 3.61. The number of anilines is 1. The van der Waals surface area contributed by atoms with Gasteiger partial charge in [0.05, 0.1) is 0 Å². The van der Waals surface area contributed by atoms with E-state index < -0.39 is 6.10 Å². The number of likely N-dealkylation sites (N-methyl/N-ethyl adjacent to an activating group) is 1. The topological polar surface area (TPSA) is 67.9 Å². The Morgan fingerprint density at radius 2 is 1.77 bits per heavy atom. The van der Waals surface area contributed by atoms with Gasteiger partial charge in [-0.25, -0.2) is 0 Å². The van der Waals surface area contributed by atoms with Crippen LogP contribution in [0.2, 0.25) is 0 Å². The van der Waals surface area contributed by atoms with Crippen molar-refractivity contribution in [2.75, 3.05) is 26.0 Å². The summed E-state index contributed by atoms with van der Waals surface area (Å²) in [5, 5.41) is 2.78. The molecule has 2 aromatic rings. The van der Waals surface area contributed by atoms with Crippen LogP contribution in [0.3, 0.4) is 0 Å². The fourth-order valence-electron chi connectivity index (χ4n) is 2.06. The van der Waals surface area contributed by atoms with E-state index in [0.29, 0.717) is 17.2 Å². The average molecular weight is 356 g/mol. The normalized spacial score (nSPS) is 11.4. The third kappa shape index (κ3) is 5.81. The zero-order valence-corrected chi connectivity index (χ0v) is 15.5. The Kier molecular flexibility index (Phi) is 6.60. The molecule has 0 spiro atoms. The van der Waals surface area contributed by atoms with E-state index in [9.17, 15) is 9.59 Å². The minimum absolute atomic E-state index is 0.0582. The molecular formula is C20H24N2O4. The number of hydrogen-bond acceptors (Lipinski definition) is 4. The molecule has 2 amide bonds. The van der Waals surface area contributed by atoms with Crippen LogP contribution in [0.1, 0.15) is 12.5 Å². The summed E-state index contributed by atoms with van der Waals surface area (Å²) in [5.41, 5.74) is 1.70. The van der Waals surface area contributed by atoms with E-state index in [1.165, 1.54) is 4.90 Å². The Balaban J connectivity index is 1.92. The lowest BCUT2D eigenvalue weighted by Crippen LogP contribution is -2.30. The van der Waals surface area contributed by atoms with Crippen molar-refractivity contribution < 1.29 is 19.1 Å². The predicted molar refractivity (Wildman–Crippen MR) is 101 cm³/mol. The standard InChI is InChI=1S/C20H24N2O4/c1-14-8-10-17(11-9-14)26-15(2)20(24)21-16-6-5-7-18(12-16)25-13-19(23)22(3)4/h5-12,15H,13H2,1-4H3,(H,21,24). The number of nitrogens with one attached hydrogen (secondary N) is 1. The summed E-state index contributed by atoms with van der Waals surface area (Å²) < 4.78 is 11.1. The van der Waals surface area contributed by atoms with Gasteiger partial charge in [0, 0.05) is 25.8 Å². The number of rotatable bonds is 7. The summed E-state index contributed by atoms with van der Waals surface area (Å²) in [5.74, 6) is 0.731. The minimum Gasteiger partial charge on any atom is -0.484 e. The number of carbonyl (C=O) groups excluding carboxylic acids is 2. The van der Waals surface area contributed by atoms with Gasteiger partial charge < -0.3 is 19.7 Å². The van der Waals surface area contributed by atoms with Crippen LogP contribution >= 0.6 is 0 Å². The summed E-state index contributed by atoms with van der Waals surface area (Å²) in [7, 11) is 3.33. The second-order valence-electron chi connectivity index (χ2n) is 6.17.